The molecular formula is C18H19BrN2O5. The Morgan fingerprint density at radius 1 is 1.00 bits per heavy atom. The Bertz CT molecular complexity index is 825. The highest BCUT2D eigenvalue weighted by Crippen LogP contribution is 2.27. The number of nitrogens with one attached hydrogen (secondary N) is 1. The van der Waals surface area contributed by atoms with Crippen molar-refractivity contribution < 1.29 is 23.8 Å². The van der Waals surface area contributed by atoms with Crippen molar-refractivity contribution >= 4 is 27.6 Å². The third-order valence-corrected chi connectivity index (χ3v) is 4.24. The molecule has 1 heterocycles. The number of Topliss-reactive ketones (excluding diaryl/α,β-unsaturated/α-hetero) is 1. The second-order valence-electron chi connectivity index (χ2n) is 5.32. The van der Waals surface area contributed by atoms with Crippen LogP contribution in [0.1, 0.15) is 27.8 Å². The Balaban J connectivity index is 2.13. The van der Waals surface area contributed by atoms with Gasteiger partial charge in [-0.1, -0.05) is 0 Å². The smallest absolute Gasteiger partial charge is 0.252 e. The Morgan fingerprint density at radius 2 is 1.62 bits per heavy atom. The van der Waals surface area contributed by atoms with Gasteiger partial charge in [0.15, 0.2) is 17.2 Å². The monoisotopic (exact) mass is 422 g/mol. The second-order valence-corrected chi connectivity index (χ2v) is 6.07. The molecule has 0 saturated heterocycles. The first-order chi connectivity index (χ1) is 12.4. The highest BCUT2D eigenvalue weighted by atomic mass is 79.9. The molecule has 138 valence electrons. The molecule has 1 amide bonds. The van der Waals surface area contributed by atoms with Gasteiger partial charge >= 0.3 is 0 Å². The predicted octanol–water partition coefficient (Wildman–Crippen LogP) is 2.87. The Hall–Kier alpha value is -2.61. The number of aromatic nitrogens is 1. The molecule has 1 atom stereocenters. The molecule has 2 aromatic rings. The molecule has 0 aliphatic carbocycles. The molecule has 0 fully saturated rings. The maximum absolute atomic E-state index is 12.5. The predicted molar refractivity (Wildman–Crippen MR) is 99.3 cm³/mol. The lowest BCUT2D eigenvalue weighted by molar-refractivity contribution is 0.0863. The summed E-state index contributed by atoms with van der Waals surface area (Å²) in [6.07, 6.45) is 0. The maximum atomic E-state index is 12.5. The van der Waals surface area contributed by atoms with Crippen LogP contribution in [0.3, 0.4) is 0 Å². The summed E-state index contributed by atoms with van der Waals surface area (Å²) in [6.45, 7) is 1.60. The van der Waals surface area contributed by atoms with Crippen molar-refractivity contribution in [2.45, 2.75) is 13.0 Å². The van der Waals surface area contributed by atoms with E-state index >= 15 is 0 Å². The Kier molecular flexibility index (Phi) is 6.57. The van der Waals surface area contributed by atoms with Gasteiger partial charge in [-0.2, -0.15) is 0 Å². The number of methoxy groups -OCH3 is 3. The van der Waals surface area contributed by atoms with Crippen LogP contribution in [0.15, 0.2) is 34.9 Å². The molecule has 0 aliphatic rings. The highest BCUT2D eigenvalue weighted by Gasteiger charge is 2.21. The van der Waals surface area contributed by atoms with Crippen LogP contribution in [0, 0.1) is 0 Å². The number of amides is 1. The van der Waals surface area contributed by atoms with Crippen LogP contribution in [-0.4, -0.2) is 44.0 Å². The standard InChI is InChI=1S/C18H19BrN2O5/c1-10(16(22)12-6-8-14(25-3)17(19)21-12)20-18(23)11-5-7-13(24-2)15(9-11)26-4/h5-10H,1-4H3,(H,20,23). The first-order valence-corrected chi connectivity index (χ1v) is 8.48. The minimum Gasteiger partial charge on any atom is -0.494 e. The zero-order chi connectivity index (χ0) is 19.3. The normalized spacial score (nSPS) is 11.4. The van der Waals surface area contributed by atoms with Gasteiger partial charge in [-0.15, -0.1) is 0 Å². The number of carbonyl (C=O) groups excluding carboxylic acids is 2. The molecule has 7 nitrogen and oxygen atoms in total. The summed E-state index contributed by atoms with van der Waals surface area (Å²) in [4.78, 5) is 29.1. The molecule has 1 aromatic heterocycles. The van der Waals surface area contributed by atoms with Gasteiger partial charge in [0.25, 0.3) is 5.91 Å². The number of benzene rings is 1. The molecule has 1 unspecified atom stereocenters. The molecule has 2 rings (SSSR count). The van der Waals surface area contributed by atoms with E-state index in [4.69, 9.17) is 14.2 Å². The SMILES string of the molecule is COc1ccc(C(=O)NC(C)C(=O)c2ccc(OC)c(Br)n2)cc1OC. The molecule has 1 N–H and O–H groups in total. The van der Waals surface area contributed by atoms with E-state index in [0.717, 1.165) is 0 Å². The Labute approximate surface area is 159 Å². The largest absolute Gasteiger partial charge is 0.494 e. The van der Waals surface area contributed by atoms with E-state index in [1.165, 1.54) is 21.3 Å². The number of halogens is 1. The van der Waals surface area contributed by atoms with E-state index in [0.29, 0.717) is 27.4 Å². The number of hydrogen-bond donors (Lipinski definition) is 1. The van der Waals surface area contributed by atoms with Gasteiger partial charge in [0, 0.05) is 5.56 Å². The molecule has 0 bridgehead atoms. The minimum absolute atomic E-state index is 0.220. The van der Waals surface area contributed by atoms with Gasteiger partial charge in [-0.3, -0.25) is 9.59 Å². The number of carbonyl (C=O) groups is 2. The van der Waals surface area contributed by atoms with Gasteiger partial charge in [-0.05, 0) is 53.2 Å². The fraction of sp³-hybridized carbons (Fsp3) is 0.278. The summed E-state index contributed by atoms with van der Waals surface area (Å²) in [5.74, 6) is 0.741. The quantitative estimate of drug-likeness (QED) is 0.545. The van der Waals surface area contributed by atoms with E-state index in [-0.39, 0.29) is 11.5 Å². The van der Waals surface area contributed by atoms with Crippen LogP contribution in [0.5, 0.6) is 17.2 Å². The number of rotatable bonds is 7. The average molecular weight is 423 g/mol. The van der Waals surface area contributed by atoms with Gasteiger partial charge < -0.3 is 19.5 Å². The van der Waals surface area contributed by atoms with Crippen molar-refractivity contribution in [1.29, 1.82) is 0 Å². The fourth-order valence-electron chi connectivity index (χ4n) is 2.26. The number of nitrogens with zero attached hydrogens (tertiary/aromatic N) is 1. The van der Waals surface area contributed by atoms with Crippen molar-refractivity contribution in [2.24, 2.45) is 0 Å². The van der Waals surface area contributed by atoms with E-state index in [1.54, 1.807) is 37.3 Å². The number of ether oxygens (including phenoxy) is 3. The molecule has 0 aliphatic heterocycles. The summed E-state index contributed by atoms with van der Waals surface area (Å²) < 4.78 is 15.8. The van der Waals surface area contributed by atoms with Gasteiger partial charge in [0.05, 0.1) is 27.4 Å². The fourth-order valence-corrected chi connectivity index (χ4v) is 2.74. The van der Waals surface area contributed by atoms with Crippen LogP contribution in [0.4, 0.5) is 0 Å². The van der Waals surface area contributed by atoms with Gasteiger partial charge in [0.2, 0.25) is 5.78 Å². The lowest BCUT2D eigenvalue weighted by Crippen LogP contribution is -2.38. The van der Waals surface area contributed by atoms with E-state index < -0.39 is 11.9 Å². The summed E-state index contributed by atoms with van der Waals surface area (Å²) in [5, 5.41) is 2.66. The van der Waals surface area contributed by atoms with E-state index in [2.05, 4.69) is 26.2 Å². The van der Waals surface area contributed by atoms with Crippen LogP contribution >= 0.6 is 15.9 Å². The third-order valence-electron chi connectivity index (χ3n) is 3.67. The highest BCUT2D eigenvalue weighted by molar-refractivity contribution is 9.10. The lowest BCUT2D eigenvalue weighted by Gasteiger charge is -2.14. The number of pyridine rings is 1. The number of ketones is 1. The van der Waals surface area contributed by atoms with Gasteiger partial charge in [-0.25, -0.2) is 4.98 Å². The maximum Gasteiger partial charge on any atom is 0.252 e. The Morgan fingerprint density at radius 3 is 2.19 bits per heavy atom. The lowest BCUT2D eigenvalue weighted by atomic mass is 10.1. The van der Waals surface area contributed by atoms with Crippen molar-refractivity contribution in [3.8, 4) is 17.2 Å². The topological polar surface area (TPSA) is 86.8 Å². The molecule has 1 aromatic carbocycles. The summed E-state index contributed by atoms with van der Waals surface area (Å²) >= 11 is 3.24. The molecular weight excluding hydrogens is 404 g/mol. The second kappa shape index (κ2) is 8.66. The van der Waals surface area contributed by atoms with Crippen LogP contribution in [0.2, 0.25) is 0 Å². The zero-order valence-corrected chi connectivity index (χ0v) is 16.4. The van der Waals surface area contributed by atoms with Crippen LogP contribution < -0.4 is 19.5 Å². The zero-order valence-electron chi connectivity index (χ0n) is 14.8. The van der Waals surface area contributed by atoms with Crippen molar-refractivity contribution in [2.75, 3.05) is 21.3 Å². The first-order valence-electron chi connectivity index (χ1n) is 7.68. The molecule has 0 radical (unpaired) electrons. The molecule has 26 heavy (non-hydrogen) atoms. The van der Waals surface area contributed by atoms with Crippen molar-refractivity contribution in [3.63, 3.8) is 0 Å². The van der Waals surface area contributed by atoms with Crippen molar-refractivity contribution in [3.05, 3.63) is 46.2 Å². The molecule has 8 heteroatoms. The molecule has 0 saturated carbocycles. The summed E-state index contributed by atoms with van der Waals surface area (Å²) in [5.41, 5.74) is 0.573. The van der Waals surface area contributed by atoms with E-state index in [9.17, 15) is 9.59 Å². The minimum atomic E-state index is -0.761. The first kappa shape index (κ1) is 19.7. The summed E-state index contributed by atoms with van der Waals surface area (Å²) in [7, 11) is 4.51. The summed E-state index contributed by atoms with van der Waals surface area (Å²) in [6, 6.07) is 7.19. The number of hydrogen-bond acceptors (Lipinski definition) is 6. The van der Waals surface area contributed by atoms with E-state index in [1.807, 2.05) is 0 Å². The van der Waals surface area contributed by atoms with Gasteiger partial charge in [0.1, 0.15) is 10.3 Å². The van der Waals surface area contributed by atoms with Crippen molar-refractivity contribution in [1.82, 2.24) is 10.3 Å². The average Bonchev–Trinajstić information content (AvgIpc) is 2.66. The molecule has 0 spiro atoms. The third kappa shape index (κ3) is 4.32. The van der Waals surface area contributed by atoms with Crippen LogP contribution in [-0.2, 0) is 0 Å². The van der Waals surface area contributed by atoms with Crippen LogP contribution in [0.25, 0.3) is 0 Å².